The average molecular weight is 416 g/mol. The lowest BCUT2D eigenvalue weighted by Crippen LogP contribution is -2.31. The van der Waals surface area contributed by atoms with Crippen LogP contribution in [0, 0.1) is 0 Å². The molecule has 0 bridgehead atoms. The highest BCUT2D eigenvalue weighted by molar-refractivity contribution is 5.87. The molecule has 1 amide bonds. The molecule has 4 aromatic rings. The molecule has 0 spiro atoms. The predicted octanol–water partition coefficient (Wildman–Crippen LogP) is 3.54. The fourth-order valence-electron chi connectivity index (χ4n) is 4.46. The third-order valence-corrected chi connectivity index (χ3v) is 6.00. The number of benzene rings is 2. The first-order valence-electron chi connectivity index (χ1n) is 10.6. The molecule has 7 nitrogen and oxygen atoms in total. The van der Waals surface area contributed by atoms with Gasteiger partial charge in [0.2, 0.25) is 5.91 Å². The Morgan fingerprint density at radius 3 is 2.94 bits per heavy atom. The number of H-pyrrole nitrogens is 2. The second kappa shape index (κ2) is 7.91. The second-order valence-electron chi connectivity index (χ2n) is 7.97. The van der Waals surface area contributed by atoms with E-state index in [1.165, 1.54) is 5.56 Å². The van der Waals surface area contributed by atoms with Gasteiger partial charge in [-0.2, -0.15) is 0 Å². The highest BCUT2D eigenvalue weighted by Gasteiger charge is 2.25. The summed E-state index contributed by atoms with van der Waals surface area (Å²) in [5, 5.41) is 4.88. The first-order chi connectivity index (χ1) is 15.1. The number of para-hydroxylation sites is 1. The van der Waals surface area contributed by atoms with Gasteiger partial charge in [0.15, 0.2) is 0 Å². The van der Waals surface area contributed by atoms with Crippen molar-refractivity contribution >= 4 is 27.7 Å². The lowest BCUT2D eigenvalue weighted by molar-refractivity contribution is -0.122. The van der Waals surface area contributed by atoms with Crippen molar-refractivity contribution in [2.75, 3.05) is 7.11 Å². The summed E-state index contributed by atoms with van der Waals surface area (Å²) in [5.41, 5.74) is 3.87. The van der Waals surface area contributed by atoms with Crippen LogP contribution in [0.15, 0.2) is 47.3 Å². The minimum atomic E-state index is -0.175. The zero-order valence-corrected chi connectivity index (χ0v) is 17.3. The van der Waals surface area contributed by atoms with E-state index in [4.69, 9.17) is 4.74 Å². The van der Waals surface area contributed by atoms with Crippen molar-refractivity contribution in [2.24, 2.45) is 0 Å². The Morgan fingerprint density at radius 2 is 2.06 bits per heavy atom. The summed E-state index contributed by atoms with van der Waals surface area (Å²) in [5.74, 6) is 1.31. The Morgan fingerprint density at radius 1 is 1.19 bits per heavy atom. The van der Waals surface area contributed by atoms with E-state index in [1.807, 2.05) is 30.3 Å². The highest BCUT2D eigenvalue weighted by Crippen LogP contribution is 2.36. The average Bonchev–Trinajstić information content (AvgIpc) is 3.17. The minimum Gasteiger partial charge on any atom is -0.497 e. The fraction of sp³-hybridized carbons (Fsp3) is 0.292. The normalized spacial score (nSPS) is 15.7. The number of ether oxygens (including phenoxy) is 1. The van der Waals surface area contributed by atoms with Crippen LogP contribution in [-0.4, -0.2) is 28.0 Å². The van der Waals surface area contributed by atoms with Crippen LogP contribution in [0.3, 0.4) is 0 Å². The molecule has 0 saturated heterocycles. The fourth-order valence-corrected chi connectivity index (χ4v) is 4.46. The number of methoxy groups -OCH3 is 1. The topological polar surface area (TPSA) is 99.9 Å². The molecule has 31 heavy (non-hydrogen) atoms. The van der Waals surface area contributed by atoms with E-state index in [0.29, 0.717) is 23.1 Å². The van der Waals surface area contributed by atoms with Crippen LogP contribution in [0.5, 0.6) is 5.75 Å². The maximum absolute atomic E-state index is 12.7. The van der Waals surface area contributed by atoms with Crippen molar-refractivity contribution in [3.05, 3.63) is 69.9 Å². The van der Waals surface area contributed by atoms with E-state index in [0.717, 1.165) is 41.6 Å². The molecule has 0 aliphatic heterocycles. The number of carbonyl (C=O) groups is 1. The lowest BCUT2D eigenvalue weighted by Gasteiger charge is -2.24. The van der Waals surface area contributed by atoms with Gasteiger partial charge in [-0.1, -0.05) is 12.1 Å². The largest absolute Gasteiger partial charge is 0.497 e. The molecular formula is C24H24N4O3. The molecule has 7 heteroatoms. The third-order valence-electron chi connectivity index (χ3n) is 6.00. The molecule has 2 heterocycles. The highest BCUT2D eigenvalue weighted by atomic mass is 16.5. The van der Waals surface area contributed by atoms with Crippen molar-refractivity contribution in [3.63, 3.8) is 0 Å². The van der Waals surface area contributed by atoms with Gasteiger partial charge in [0.05, 0.1) is 24.1 Å². The van der Waals surface area contributed by atoms with Gasteiger partial charge in [0.1, 0.15) is 11.6 Å². The number of rotatable bonds is 5. The molecule has 3 N–H and O–H groups in total. The van der Waals surface area contributed by atoms with Gasteiger partial charge in [-0.3, -0.25) is 9.59 Å². The third kappa shape index (κ3) is 3.67. The van der Waals surface area contributed by atoms with Gasteiger partial charge < -0.3 is 20.0 Å². The Kier molecular flexibility index (Phi) is 4.94. The smallest absolute Gasteiger partial charge is 0.258 e. The number of aryl methyl sites for hydroxylation is 2. The predicted molar refractivity (Wildman–Crippen MR) is 119 cm³/mol. The lowest BCUT2D eigenvalue weighted by atomic mass is 9.91. The van der Waals surface area contributed by atoms with Crippen molar-refractivity contribution in [1.29, 1.82) is 0 Å². The van der Waals surface area contributed by atoms with Crippen LogP contribution in [0.2, 0.25) is 0 Å². The number of aromatic amines is 2. The number of fused-ring (bicyclic) bond motifs is 4. The van der Waals surface area contributed by atoms with E-state index in [1.54, 1.807) is 13.2 Å². The van der Waals surface area contributed by atoms with E-state index >= 15 is 0 Å². The van der Waals surface area contributed by atoms with Gasteiger partial charge in [-0.15, -0.1) is 0 Å². The molecule has 2 aromatic carbocycles. The van der Waals surface area contributed by atoms with Crippen LogP contribution in [0.4, 0.5) is 0 Å². The van der Waals surface area contributed by atoms with Crippen molar-refractivity contribution in [3.8, 4) is 5.75 Å². The Labute approximate surface area is 178 Å². The number of nitrogens with one attached hydrogen (secondary N) is 3. The zero-order chi connectivity index (χ0) is 21.4. The van der Waals surface area contributed by atoms with Gasteiger partial charge in [0, 0.05) is 29.4 Å². The summed E-state index contributed by atoms with van der Waals surface area (Å²) < 4.78 is 5.37. The number of nitrogens with zero attached hydrogens (tertiary/aromatic N) is 1. The minimum absolute atomic E-state index is 0.0433. The SMILES string of the molecule is COc1ccc2[nH]c3c(c2c1)CCC[C@@H]3NC(=O)CCc1nc2ccccc2c(=O)[nH]1. The molecule has 0 fully saturated rings. The molecular weight excluding hydrogens is 392 g/mol. The van der Waals surface area contributed by atoms with E-state index < -0.39 is 0 Å². The van der Waals surface area contributed by atoms with Crippen molar-refractivity contribution in [1.82, 2.24) is 20.3 Å². The Balaban J connectivity index is 1.31. The Bertz CT molecular complexity index is 1340. The molecule has 0 unspecified atom stereocenters. The second-order valence-corrected chi connectivity index (χ2v) is 7.97. The van der Waals surface area contributed by atoms with E-state index in [2.05, 4.69) is 26.3 Å². The van der Waals surface area contributed by atoms with Crippen molar-refractivity contribution < 1.29 is 9.53 Å². The molecule has 5 rings (SSSR count). The van der Waals surface area contributed by atoms with Crippen LogP contribution >= 0.6 is 0 Å². The van der Waals surface area contributed by atoms with E-state index in [9.17, 15) is 9.59 Å². The molecule has 158 valence electrons. The quantitative estimate of drug-likeness (QED) is 0.463. The number of hydrogen-bond acceptors (Lipinski definition) is 4. The monoisotopic (exact) mass is 416 g/mol. The maximum Gasteiger partial charge on any atom is 0.258 e. The summed E-state index contributed by atoms with van der Waals surface area (Å²) in [6, 6.07) is 13.2. The first-order valence-corrected chi connectivity index (χ1v) is 10.6. The summed E-state index contributed by atoms with van der Waals surface area (Å²) in [4.78, 5) is 35.7. The van der Waals surface area contributed by atoms with Crippen LogP contribution in [0.25, 0.3) is 21.8 Å². The first kappa shape index (κ1) is 19.4. The standard InChI is InChI=1S/C24H24N4O3/c1-31-14-9-10-19-17(13-14)15-6-4-8-20(23(15)27-19)26-22(29)12-11-21-25-18-7-3-2-5-16(18)24(30)28-21/h2-3,5,7,9-10,13,20,27H,4,6,8,11-12H2,1H3,(H,26,29)(H,25,28,30)/t20-/m0/s1. The van der Waals surface area contributed by atoms with E-state index in [-0.39, 0.29) is 23.9 Å². The van der Waals surface area contributed by atoms with Gasteiger partial charge in [0.25, 0.3) is 5.56 Å². The molecule has 2 aromatic heterocycles. The summed E-state index contributed by atoms with van der Waals surface area (Å²) in [6.07, 6.45) is 3.54. The molecule has 1 atom stereocenters. The van der Waals surface area contributed by atoms with Crippen LogP contribution in [0.1, 0.15) is 42.4 Å². The molecule has 1 aliphatic carbocycles. The number of carbonyl (C=O) groups excluding carboxylic acids is 1. The van der Waals surface area contributed by atoms with Crippen molar-refractivity contribution in [2.45, 2.75) is 38.1 Å². The van der Waals surface area contributed by atoms with Crippen LogP contribution < -0.4 is 15.6 Å². The van der Waals surface area contributed by atoms with Gasteiger partial charge in [-0.25, -0.2) is 4.98 Å². The van der Waals surface area contributed by atoms with Gasteiger partial charge in [-0.05, 0) is 55.2 Å². The van der Waals surface area contributed by atoms with Gasteiger partial charge >= 0.3 is 0 Å². The zero-order valence-electron chi connectivity index (χ0n) is 17.3. The number of hydrogen-bond donors (Lipinski definition) is 3. The molecule has 1 aliphatic rings. The summed E-state index contributed by atoms with van der Waals surface area (Å²) >= 11 is 0. The summed E-state index contributed by atoms with van der Waals surface area (Å²) in [7, 11) is 1.67. The molecule has 0 saturated carbocycles. The summed E-state index contributed by atoms with van der Waals surface area (Å²) in [6.45, 7) is 0. The maximum atomic E-state index is 12.7. The van der Waals surface area contributed by atoms with Crippen LogP contribution in [-0.2, 0) is 17.6 Å². The number of aromatic nitrogens is 3. The Hall–Kier alpha value is -3.61. The number of amides is 1. The molecule has 0 radical (unpaired) electrons.